The fourth-order valence-electron chi connectivity index (χ4n) is 5.92. The summed E-state index contributed by atoms with van der Waals surface area (Å²) in [7, 11) is -3.91. The van der Waals surface area contributed by atoms with E-state index in [-0.39, 0.29) is 10.6 Å². The topological polar surface area (TPSA) is 136 Å². The first-order valence-corrected chi connectivity index (χ1v) is 11.4. The van der Waals surface area contributed by atoms with E-state index in [1.165, 1.54) is 12.1 Å². The highest BCUT2D eigenvalue weighted by molar-refractivity contribution is 7.89. The number of esters is 1. The van der Waals surface area contributed by atoms with Gasteiger partial charge in [-0.1, -0.05) is 6.07 Å². The van der Waals surface area contributed by atoms with Crippen molar-refractivity contribution < 1.29 is 27.9 Å². The second-order valence-corrected chi connectivity index (χ2v) is 10.6. The normalized spacial score (nSPS) is 32.8. The van der Waals surface area contributed by atoms with E-state index in [4.69, 9.17) is 9.88 Å². The smallest absolute Gasteiger partial charge is 0.312 e. The lowest BCUT2D eigenvalue weighted by molar-refractivity contribution is -0.196. The second kappa shape index (κ2) is 6.78. The number of nitrogens with one attached hydrogen (secondary N) is 1. The zero-order chi connectivity index (χ0) is 21.0. The van der Waals surface area contributed by atoms with Crippen LogP contribution in [-0.2, 0) is 24.3 Å². The number of amides is 1. The molecule has 158 valence electrons. The van der Waals surface area contributed by atoms with Crippen molar-refractivity contribution in [1.82, 2.24) is 0 Å². The SMILES string of the molecule is Cc1ccc(NC(=O)COC(=O)C23CC4CC(CC(O)(C4)C2)C3)cc1S(N)(=O)=O. The van der Waals surface area contributed by atoms with Crippen LogP contribution in [0.1, 0.15) is 44.1 Å². The monoisotopic (exact) mass is 422 g/mol. The van der Waals surface area contributed by atoms with E-state index in [1.807, 2.05) is 0 Å². The Morgan fingerprint density at radius 1 is 1.24 bits per heavy atom. The summed E-state index contributed by atoms with van der Waals surface area (Å²) in [6, 6.07) is 4.37. The number of carbonyl (C=O) groups excluding carboxylic acids is 2. The molecule has 4 aliphatic carbocycles. The summed E-state index contributed by atoms with van der Waals surface area (Å²) in [5.74, 6) is -0.307. The summed E-state index contributed by atoms with van der Waals surface area (Å²) in [5, 5.41) is 18.5. The molecule has 8 nitrogen and oxygen atoms in total. The lowest BCUT2D eigenvalue weighted by atomic mass is 9.48. The van der Waals surface area contributed by atoms with Crippen LogP contribution in [0.5, 0.6) is 0 Å². The van der Waals surface area contributed by atoms with Crippen LogP contribution in [0.15, 0.2) is 23.1 Å². The van der Waals surface area contributed by atoms with Gasteiger partial charge in [0.2, 0.25) is 10.0 Å². The predicted molar refractivity (Wildman–Crippen MR) is 104 cm³/mol. The average Bonchev–Trinajstić information content (AvgIpc) is 2.58. The number of benzene rings is 1. The van der Waals surface area contributed by atoms with E-state index in [0.29, 0.717) is 36.7 Å². The molecule has 0 saturated heterocycles. The Kier molecular flexibility index (Phi) is 4.75. The Bertz CT molecular complexity index is 959. The molecule has 0 spiro atoms. The molecule has 4 bridgehead atoms. The van der Waals surface area contributed by atoms with Gasteiger partial charge in [-0.05, 0) is 75.0 Å². The maximum Gasteiger partial charge on any atom is 0.312 e. The van der Waals surface area contributed by atoms with Crippen molar-refractivity contribution in [3.05, 3.63) is 23.8 Å². The summed E-state index contributed by atoms with van der Waals surface area (Å²) in [4.78, 5) is 25.0. The summed E-state index contributed by atoms with van der Waals surface area (Å²) < 4.78 is 28.5. The summed E-state index contributed by atoms with van der Waals surface area (Å²) >= 11 is 0. The maximum atomic E-state index is 12.8. The van der Waals surface area contributed by atoms with Crippen LogP contribution in [-0.4, -0.2) is 37.6 Å². The first kappa shape index (κ1) is 20.3. The molecule has 4 N–H and O–H groups in total. The summed E-state index contributed by atoms with van der Waals surface area (Å²) in [5.41, 5.74) is -0.748. The number of hydrogen-bond donors (Lipinski definition) is 3. The molecule has 0 aromatic heterocycles. The molecule has 4 aliphatic rings. The zero-order valence-corrected chi connectivity index (χ0v) is 17.1. The quantitative estimate of drug-likeness (QED) is 0.615. The summed E-state index contributed by atoms with van der Waals surface area (Å²) in [6.45, 7) is 1.14. The van der Waals surface area contributed by atoms with Gasteiger partial charge in [-0.3, -0.25) is 9.59 Å². The molecular formula is C20H26N2O6S. The number of nitrogens with two attached hydrogens (primary N) is 1. The number of primary sulfonamides is 1. The van der Waals surface area contributed by atoms with Crippen LogP contribution >= 0.6 is 0 Å². The molecule has 4 fully saturated rings. The Hall–Kier alpha value is -1.97. The molecule has 0 heterocycles. The van der Waals surface area contributed by atoms with Gasteiger partial charge in [-0.15, -0.1) is 0 Å². The molecule has 1 aromatic rings. The largest absolute Gasteiger partial charge is 0.455 e. The molecule has 4 saturated carbocycles. The molecule has 29 heavy (non-hydrogen) atoms. The van der Waals surface area contributed by atoms with Crippen molar-refractivity contribution in [2.75, 3.05) is 11.9 Å². The second-order valence-electron chi connectivity index (χ2n) is 9.12. The Balaban J connectivity index is 1.39. The van der Waals surface area contributed by atoms with Crippen LogP contribution in [0.2, 0.25) is 0 Å². The van der Waals surface area contributed by atoms with Crippen molar-refractivity contribution >= 4 is 27.6 Å². The van der Waals surface area contributed by atoms with Crippen molar-refractivity contribution in [3.63, 3.8) is 0 Å². The molecule has 1 amide bonds. The van der Waals surface area contributed by atoms with Crippen molar-refractivity contribution in [1.29, 1.82) is 0 Å². The predicted octanol–water partition coefficient (Wildman–Crippen LogP) is 1.46. The third-order valence-electron chi connectivity index (χ3n) is 6.58. The fraction of sp³-hybridized carbons (Fsp3) is 0.600. The molecule has 0 radical (unpaired) electrons. The van der Waals surface area contributed by atoms with Gasteiger partial charge < -0.3 is 15.2 Å². The number of aryl methyl sites for hydroxylation is 1. The number of aliphatic hydroxyl groups is 1. The van der Waals surface area contributed by atoms with E-state index < -0.39 is 39.5 Å². The molecule has 5 rings (SSSR count). The van der Waals surface area contributed by atoms with Crippen LogP contribution in [0.3, 0.4) is 0 Å². The lowest BCUT2D eigenvalue weighted by Gasteiger charge is -2.58. The van der Waals surface area contributed by atoms with Gasteiger partial charge in [-0.25, -0.2) is 13.6 Å². The zero-order valence-electron chi connectivity index (χ0n) is 16.3. The highest BCUT2D eigenvalue weighted by atomic mass is 32.2. The minimum Gasteiger partial charge on any atom is -0.455 e. The van der Waals surface area contributed by atoms with E-state index in [1.54, 1.807) is 13.0 Å². The van der Waals surface area contributed by atoms with Gasteiger partial charge in [0.25, 0.3) is 5.91 Å². The van der Waals surface area contributed by atoms with Gasteiger partial charge in [0.05, 0.1) is 15.9 Å². The first-order chi connectivity index (χ1) is 13.5. The van der Waals surface area contributed by atoms with Gasteiger partial charge in [0.1, 0.15) is 0 Å². The maximum absolute atomic E-state index is 12.8. The molecule has 0 aliphatic heterocycles. The molecule has 1 aromatic carbocycles. The van der Waals surface area contributed by atoms with E-state index in [0.717, 1.165) is 19.3 Å². The number of ether oxygens (including phenoxy) is 1. The van der Waals surface area contributed by atoms with Crippen LogP contribution in [0.4, 0.5) is 5.69 Å². The number of carbonyl (C=O) groups is 2. The van der Waals surface area contributed by atoms with Crippen molar-refractivity contribution in [3.8, 4) is 0 Å². The van der Waals surface area contributed by atoms with Gasteiger partial charge in [0, 0.05) is 5.69 Å². The highest BCUT2D eigenvalue weighted by Gasteiger charge is 2.60. The number of rotatable bonds is 5. The number of sulfonamides is 1. The van der Waals surface area contributed by atoms with E-state index >= 15 is 0 Å². The van der Waals surface area contributed by atoms with Crippen LogP contribution < -0.4 is 10.5 Å². The third kappa shape index (κ3) is 3.91. The van der Waals surface area contributed by atoms with Gasteiger partial charge >= 0.3 is 5.97 Å². The minimum atomic E-state index is -3.91. The minimum absolute atomic E-state index is 0.0749. The molecule has 2 atom stereocenters. The Labute approximate surface area is 169 Å². The highest BCUT2D eigenvalue weighted by Crippen LogP contribution is 2.61. The van der Waals surface area contributed by atoms with Crippen LogP contribution in [0.25, 0.3) is 0 Å². The molecule has 9 heteroatoms. The lowest BCUT2D eigenvalue weighted by Crippen LogP contribution is -2.58. The number of hydrogen-bond acceptors (Lipinski definition) is 6. The average molecular weight is 423 g/mol. The Morgan fingerprint density at radius 2 is 1.90 bits per heavy atom. The summed E-state index contributed by atoms with van der Waals surface area (Å²) in [6.07, 6.45) is 4.38. The van der Waals surface area contributed by atoms with E-state index in [2.05, 4.69) is 5.32 Å². The number of anilines is 1. The van der Waals surface area contributed by atoms with Gasteiger partial charge in [-0.2, -0.15) is 0 Å². The van der Waals surface area contributed by atoms with Crippen molar-refractivity contribution in [2.45, 2.75) is 55.9 Å². The fourth-order valence-corrected chi connectivity index (χ4v) is 6.73. The third-order valence-corrected chi connectivity index (χ3v) is 7.63. The Morgan fingerprint density at radius 3 is 2.48 bits per heavy atom. The molecular weight excluding hydrogens is 396 g/mol. The van der Waals surface area contributed by atoms with Crippen LogP contribution in [0, 0.1) is 24.2 Å². The van der Waals surface area contributed by atoms with E-state index in [9.17, 15) is 23.1 Å². The standard InChI is InChI=1S/C20H26N2O6S/c1-12-2-3-15(5-16(12)29(21,26)27)22-17(23)10-28-18(24)19-6-13-4-14(7-19)9-20(25,8-13)11-19/h2-3,5,13-14,25H,4,6-11H2,1H3,(H,22,23)(H2,21,26,27). The van der Waals surface area contributed by atoms with Gasteiger partial charge in [0.15, 0.2) is 6.61 Å². The van der Waals surface area contributed by atoms with Crippen molar-refractivity contribution in [2.24, 2.45) is 22.4 Å². The first-order valence-electron chi connectivity index (χ1n) is 9.81. The molecule has 2 unspecified atom stereocenters.